The zero-order valence-electron chi connectivity index (χ0n) is 8.38. The number of carbonyl (C=O) groups excluding carboxylic acids is 1. The third-order valence-corrected chi connectivity index (χ3v) is 3.15. The molecule has 0 spiro atoms. The molecule has 1 aliphatic carbocycles. The number of hydrogen-bond acceptors (Lipinski definition) is 3. The number of rotatable bonds is 4. The average Bonchev–Trinajstić information content (AvgIpc) is 2.74. The minimum atomic E-state index is -0.254. The summed E-state index contributed by atoms with van der Waals surface area (Å²) in [5.74, 6) is 0.0796. The van der Waals surface area contributed by atoms with Gasteiger partial charge in [-0.25, -0.2) is 0 Å². The topological polar surface area (TPSA) is 61.4 Å². The van der Waals surface area contributed by atoms with Crippen molar-refractivity contribution in [2.75, 3.05) is 13.2 Å². The van der Waals surface area contributed by atoms with Gasteiger partial charge in [0.2, 0.25) is 5.91 Å². The van der Waals surface area contributed by atoms with Crippen molar-refractivity contribution >= 4 is 5.91 Å². The van der Waals surface area contributed by atoms with Gasteiger partial charge in [0.15, 0.2) is 0 Å². The van der Waals surface area contributed by atoms with E-state index in [9.17, 15) is 4.79 Å². The second-order valence-electron chi connectivity index (χ2n) is 4.48. The van der Waals surface area contributed by atoms with Gasteiger partial charge in [0.25, 0.3) is 0 Å². The van der Waals surface area contributed by atoms with E-state index in [0.29, 0.717) is 12.5 Å². The summed E-state index contributed by atoms with van der Waals surface area (Å²) < 4.78 is 0. The molecule has 2 rings (SSSR count). The van der Waals surface area contributed by atoms with Gasteiger partial charge in [-0.2, -0.15) is 0 Å². The molecule has 2 aliphatic rings. The lowest BCUT2D eigenvalue weighted by Gasteiger charge is -2.16. The fourth-order valence-corrected chi connectivity index (χ4v) is 1.98. The third kappa shape index (κ3) is 2.25. The van der Waals surface area contributed by atoms with Crippen LogP contribution in [0.3, 0.4) is 0 Å². The summed E-state index contributed by atoms with van der Waals surface area (Å²) in [7, 11) is 0. The average molecular weight is 198 g/mol. The van der Waals surface area contributed by atoms with Crippen LogP contribution in [-0.2, 0) is 4.79 Å². The van der Waals surface area contributed by atoms with E-state index in [1.807, 2.05) is 0 Å². The summed E-state index contributed by atoms with van der Waals surface area (Å²) in [5, 5.41) is 15.2. The van der Waals surface area contributed by atoms with E-state index in [1.165, 1.54) is 6.42 Å². The van der Waals surface area contributed by atoms with E-state index in [0.717, 1.165) is 25.8 Å². The Balaban J connectivity index is 1.73. The molecule has 1 saturated carbocycles. The van der Waals surface area contributed by atoms with Gasteiger partial charge in [-0.1, -0.05) is 0 Å². The predicted molar refractivity (Wildman–Crippen MR) is 52.8 cm³/mol. The molecule has 0 radical (unpaired) electrons. The van der Waals surface area contributed by atoms with Crippen LogP contribution in [0.5, 0.6) is 0 Å². The Morgan fingerprint density at radius 3 is 2.86 bits per heavy atom. The lowest BCUT2D eigenvalue weighted by Crippen LogP contribution is -2.42. The Labute approximate surface area is 84.1 Å². The smallest absolute Gasteiger partial charge is 0.222 e. The summed E-state index contributed by atoms with van der Waals surface area (Å²) in [6.45, 7) is 1.11. The highest BCUT2D eigenvalue weighted by Gasteiger charge is 2.43. The van der Waals surface area contributed by atoms with Gasteiger partial charge < -0.3 is 15.7 Å². The zero-order chi connectivity index (χ0) is 10.0. The lowest BCUT2D eigenvalue weighted by molar-refractivity contribution is -0.122. The second-order valence-corrected chi connectivity index (χ2v) is 4.48. The van der Waals surface area contributed by atoms with Gasteiger partial charge in [-0.15, -0.1) is 0 Å². The fraction of sp³-hybridized carbons (Fsp3) is 0.900. The largest absolute Gasteiger partial charge is 0.394 e. The van der Waals surface area contributed by atoms with Crippen molar-refractivity contribution in [2.24, 2.45) is 0 Å². The van der Waals surface area contributed by atoms with Crippen LogP contribution in [0.25, 0.3) is 0 Å². The quantitative estimate of drug-likeness (QED) is 0.585. The molecule has 3 N–H and O–H groups in total. The van der Waals surface area contributed by atoms with E-state index >= 15 is 0 Å². The van der Waals surface area contributed by atoms with E-state index in [-0.39, 0.29) is 18.1 Å². The highest BCUT2D eigenvalue weighted by atomic mass is 16.3. The Morgan fingerprint density at radius 1 is 1.57 bits per heavy atom. The highest BCUT2D eigenvalue weighted by Crippen LogP contribution is 2.34. The number of amides is 1. The Bertz CT molecular complexity index is 220. The van der Waals surface area contributed by atoms with Gasteiger partial charge in [0, 0.05) is 12.5 Å². The van der Waals surface area contributed by atoms with Gasteiger partial charge in [-0.3, -0.25) is 4.79 Å². The first-order chi connectivity index (χ1) is 6.74. The monoisotopic (exact) mass is 198 g/mol. The van der Waals surface area contributed by atoms with Crippen LogP contribution in [0.1, 0.15) is 32.1 Å². The number of carbonyl (C=O) groups is 1. The molecule has 0 aromatic rings. The maximum Gasteiger partial charge on any atom is 0.222 e. The van der Waals surface area contributed by atoms with Crippen LogP contribution >= 0.6 is 0 Å². The van der Waals surface area contributed by atoms with Crippen molar-refractivity contribution in [3.8, 4) is 0 Å². The first kappa shape index (κ1) is 9.93. The molecule has 1 atom stereocenters. The standard InChI is InChI=1S/C10H18N2O2/c13-7-10(3-4-10)12-9(14)6-8-2-1-5-11-8/h8,11,13H,1-7H2,(H,12,14). The molecular formula is C10H18N2O2. The molecule has 1 heterocycles. The maximum atomic E-state index is 11.6. The second kappa shape index (κ2) is 3.87. The van der Waals surface area contributed by atoms with Crippen molar-refractivity contribution < 1.29 is 9.90 Å². The van der Waals surface area contributed by atoms with Crippen molar-refractivity contribution in [2.45, 2.75) is 43.7 Å². The number of nitrogens with one attached hydrogen (secondary N) is 2. The molecule has 14 heavy (non-hydrogen) atoms. The van der Waals surface area contributed by atoms with Crippen LogP contribution in [0.2, 0.25) is 0 Å². The Kier molecular flexibility index (Phi) is 2.74. The summed E-state index contributed by atoms with van der Waals surface area (Å²) in [6, 6.07) is 0.351. The summed E-state index contributed by atoms with van der Waals surface area (Å²) in [4.78, 5) is 11.6. The first-order valence-electron chi connectivity index (χ1n) is 5.39. The van der Waals surface area contributed by atoms with Crippen LogP contribution in [0, 0.1) is 0 Å². The molecule has 1 aliphatic heterocycles. The summed E-state index contributed by atoms with van der Waals surface area (Å²) in [5.41, 5.74) is -0.254. The number of hydrogen-bond donors (Lipinski definition) is 3. The van der Waals surface area contributed by atoms with Crippen molar-refractivity contribution in [3.63, 3.8) is 0 Å². The maximum absolute atomic E-state index is 11.6. The minimum absolute atomic E-state index is 0.0796. The fourth-order valence-electron chi connectivity index (χ4n) is 1.98. The van der Waals surface area contributed by atoms with Crippen LogP contribution in [0.15, 0.2) is 0 Å². The molecule has 4 heteroatoms. The van der Waals surface area contributed by atoms with Crippen LogP contribution < -0.4 is 10.6 Å². The molecule has 0 bridgehead atoms. The highest BCUT2D eigenvalue weighted by molar-refractivity contribution is 5.78. The van der Waals surface area contributed by atoms with E-state index < -0.39 is 0 Å². The van der Waals surface area contributed by atoms with E-state index in [1.54, 1.807) is 0 Å². The van der Waals surface area contributed by atoms with Crippen LogP contribution in [-0.4, -0.2) is 35.7 Å². The molecule has 1 saturated heterocycles. The normalized spacial score (nSPS) is 28.8. The first-order valence-corrected chi connectivity index (χ1v) is 5.39. The number of aliphatic hydroxyl groups is 1. The van der Waals surface area contributed by atoms with Crippen LogP contribution in [0.4, 0.5) is 0 Å². The van der Waals surface area contributed by atoms with Gasteiger partial charge >= 0.3 is 0 Å². The Hall–Kier alpha value is -0.610. The predicted octanol–water partition coefficient (Wildman–Crippen LogP) is -0.230. The number of aliphatic hydroxyl groups excluding tert-OH is 1. The SMILES string of the molecule is O=C(CC1CCCN1)NC1(CO)CC1. The molecular weight excluding hydrogens is 180 g/mol. The summed E-state index contributed by atoms with van der Waals surface area (Å²) >= 11 is 0. The lowest BCUT2D eigenvalue weighted by atomic mass is 10.1. The van der Waals surface area contributed by atoms with E-state index in [2.05, 4.69) is 10.6 Å². The molecule has 4 nitrogen and oxygen atoms in total. The molecule has 0 aromatic carbocycles. The summed E-state index contributed by atoms with van der Waals surface area (Å²) in [6.07, 6.45) is 4.67. The molecule has 0 aromatic heterocycles. The van der Waals surface area contributed by atoms with Crippen molar-refractivity contribution in [1.82, 2.24) is 10.6 Å². The van der Waals surface area contributed by atoms with Crippen molar-refractivity contribution in [1.29, 1.82) is 0 Å². The van der Waals surface area contributed by atoms with Gasteiger partial charge in [0.1, 0.15) is 0 Å². The van der Waals surface area contributed by atoms with Crippen molar-refractivity contribution in [3.05, 3.63) is 0 Å². The van der Waals surface area contributed by atoms with Gasteiger partial charge in [-0.05, 0) is 32.2 Å². The zero-order valence-corrected chi connectivity index (χ0v) is 8.38. The molecule has 2 fully saturated rings. The molecule has 80 valence electrons. The molecule has 1 unspecified atom stereocenters. The molecule has 1 amide bonds. The third-order valence-electron chi connectivity index (χ3n) is 3.15. The minimum Gasteiger partial charge on any atom is -0.394 e. The van der Waals surface area contributed by atoms with E-state index in [4.69, 9.17) is 5.11 Å². The Morgan fingerprint density at radius 2 is 2.36 bits per heavy atom. The van der Waals surface area contributed by atoms with Gasteiger partial charge in [0.05, 0.1) is 12.1 Å².